The Balaban J connectivity index is 2.42. The van der Waals surface area contributed by atoms with Crippen molar-refractivity contribution < 1.29 is 19.1 Å². The molecule has 1 aromatic heterocycles. The molecule has 0 radical (unpaired) electrons. The number of carbonyl (C=O) groups is 3. The Kier molecular flexibility index (Phi) is 8.98. The molecule has 0 aromatic carbocycles. The van der Waals surface area contributed by atoms with Crippen molar-refractivity contribution in [3.05, 3.63) is 18.0 Å². The minimum absolute atomic E-state index is 0.0974. The molecular weight excluding hydrogens is 362 g/mol. The Morgan fingerprint density at radius 1 is 1.14 bits per heavy atom. The highest BCUT2D eigenvalue weighted by molar-refractivity contribution is 5.96. The van der Waals surface area contributed by atoms with Gasteiger partial charge in [0.2, 0.25) is 5.91 Å². The van der Waals surface area contributed by atoms with Gasteiger partial charge >= 0.3 is 6.09 Å². The number of hydrogen-bond acceptors (Lipinski definition) is 5. The van der Waals surface area contributed by atoms with Crippen LogP contribution >= 0.6 is 0 Å². The Morgan fingerprint density at radius 3 is 2.43 bits per heavy atom. The quantitative estimate of drug-likeness (QED) is 0.551. The number of nitrogens with one attached hydrogen (secondary N) is 3. The number of carbonyl (C=O) groups excluding carboxylic acids is 3. The van der Waals surface area contributed by atoms with Crippen molar-refractivity contribution >= 4 is 23.6 Å². The van der Waals surface area contributed by atoms with Crippen LogP contribution in [0.4, 0.5) is 10.5 Å². The normalized spacial score (nSPS) is 11.2. The highest BCUT2D eigenvalue weighted by atomic mass is 16.6. The van der Waals surface area contributed by atoms with Crippen molar-refractivity contribution in [2.45, 2.75) is 39.2 Å². The number of alkyl carbamates (subject to hydrolysis) is 1. The van der Waals surface area contributed by atoms with Gasteiger partial charge in [0.25, 0.3) is 5.91 Å². The lowest BCUT2D eigenvalue weighted by molar-refractivity contribution is -0.116. The first-order valence-corrected chi connectivity index (χ1v) is 9.34. The molecule has 28 heavy (non-hydrogen) atoms. The highest BCUT2D eigenvalue weighted by Gasteiger charge is 2.16. The zero-order valence-electron chi connectivity index (χ0n) is 17.7. The third kappa shape index (κ3) is 9.40. The van der Waals surface area contributed by atoms with Crippen LogP contribution in [0.15, 0.2) is 12.3 Å². The van der Waals surface area contributed by atoms with E-state index >= 15 is 0 Å². The number of nitrogens with zero attached hydrogens (tertiary/aromatic N) is 2. The summed E-state index contributed by atoms with van der Waals surface area (Å²) in [7, 11) is 5.71. The molecule has 1 rings (SSSR count). The van der Waals surface area contributed by atoms with Crippen LogP contribution in [-0.2, 0) is 16.6 Å². The maximum absolute atomic E-state index is 12.3. The number of amides is 3. The van der Waals surface area contributed by atoms with Crippen molar-refractivity contribution in [3.63, 3.8) is 0 Å². The first-order valence-electron chi connectivity index (χ1n) is 9.34. The number of aromatic nitrogens is 1. The molecule has 0 fully saturated rings. The predicted molar refractivity (Wildman–Crippen MR) is 108 cm³/mol. The van der Waals surface area contributed by atoms with E-state index in [1.54, 1.807) is 44.6 Å². The smallest absolute Gasteiger partial charge is 0.407 e. The summed E-state index contributed by atoms with van der Waals surface area (Å²) in [5.74, 6) is -0.451. The lowest BCUT2D eigenvalue weighted by atomic mass is 10.2. The third-order valence-corrected chi connectivity index (χ3v) is 3.61. The average Bonchev–Trinajstić information content (AvgIpc) is 2.89. The lowest BCUT2D eigenvalue weighted by Gasteiger charge is -2.19. The van der Waals surface area contributed by atoms with Gasteiger partial charge in [-0.1, -0.05) is 0 Å². The topological polar surface area (TPSA) is 105 Å². The zero-order chi connectivity index (χ0) is 21.3. The fraction of sp³-hybridized carbons (Fsp3) is 0.632. The summed E-state index contributed by atoms with van der Waals surface area (Å²) in [5, 5.41) is 8.12. The largest absolute Gasteiger partial charge is 0.444 e. The standard InChI is InChI=1S/C19H33N5O4/c1-19(2,3)28-18(27)21-10-8-16(25)22-14-12-15(24(6)13-14)17(26)20-9-7-11-23(4)5/h12-13H,7-11H2,1-6H3,(H,20,26)(H,21,27)(H,22,25). The van der Waals surface area contributed by atoms with Crippen molar-refractivity contribution in [2.75, 3.05) is 39.0 Å². The molecule has 0 atom stereocenters. The summed E-state index contributed by atoms with van der Waals surface area (Å²) in [4.78, 5) is 37.9. The van der Waals surface area contributed by atoms with Crippen LogP contribution in [0, 0.1) is 0 Å². The minimum Gasteiger partial charge on any atom is -0.444 e. The summed E-state index contributed by atoms with van der Waals surface area (Å²) in [5.41, 5.74) is 0.412. The van der Waals surface area contributed by atoms with Crippen molar-refractivity contribution in [2.24, 2.45) is 7.05 Å². The van der Waals surface area contributed by atoms with E-state index in [4.69, 9.17) is 4.74 Å². The first-order chi connectivity index (χ1) is 13.0. The van der Waals surface area contributed by atoms with Crippen LogP contribution in [-0.4, -0.2) is 66.7 Å². The van der Waals surface area contributed by atoms with Gasteiger partial charge in [0.15, 0.2) is 0 Å². The second kappa shape index (κ2) is 10.7. The second-order valence-electron chi connectivity index (χ2n) is 7.86. The summed E-state index contributed by atoms with van der Waals surface area (Å²) >= 11 is 0. The van der Waals surface area contributed by atoms with Gasteiger partial charge in [-0.15, -0.1) is 0 Å². The third-order valence-electron chi connectivity index (χ3n) is 3.61. The average molecular weight is 396 g/mol. The molecule has 1 aromatic rings. The maximum Gasteiger partial charge on any atom is 0.407 e. The van der Waals surface area contributed by atoms with Gasteiger partial charge in [-0.25, -0.2) is 4.79 Å². The Morgan fingerprint density at radius 2 is 1.82 bits per heavy atom. The van der Waals surface area contributed by atoms with Gasteiger partial charge in [-0.2, -0.15) is 0 Å². The molecule has 158 valence electrons. The molecule has 1 heterocycles. The zero-order valence-corrected chi connectivity index (χ0v) is 17.7. The molecule has 9 nitrogen and oxygen atoms in total. The monoisotopic (exact) mass is 395 g/mol. The molecule has 3 N–H and O–H groups in total. The van der Waals surface area contributed by atoms with Gasteiger partial charge in [-0.05, 0) is 53.9 Å². The van der Waals surface area contributed by atoms with Crippen LogP contribution in [0.25, 0.3) is 0 Å². The van der Waals surface area contributed by atoms with E-state index in [-0.39, 0.29) is 24.8 Å². The van der Waals surface area contributed by atoms with E-state index in [0.29, 0.717) is 17.9 Å². The molecule has 0 saturated carbocycles. The molecule has 0 spiro atoms. The molecule has 0 aliphatic heterocycles. The summed E-state index contributed by atoms with van der Waals surface area (Å²) in [6.45, 7) is 6.94. The van der Waals surface area contributed by atoms with E-state index < -0.39 is 11.7 Å². The Hall–Kier alpha value is -2.55. The van der Waals surface area contributed by atoms with Crippen molar-refractivity contribution in [1.82, 2.24) is 20.1 Å². The number of rotatable bonds is 9. The van der Waals surface area contributed by atoms with Crippen LogP contribution < -0.4 is 16.0 Å². The van der Waals surface area contributed by atoms with Gasteiger partial charge in [0, 0.05) is 32.8 Å². The molecule has 0 aliphatic rings. The second-order valence-corrected chi connectivity index (χ2v) is 7.86. The number of aryl methyl sites for hydroxylation is 1. The number of ether oxygens (including phenoxy) is 1. The molecule has 0 aliphatic carbocycles. The predicted octanol–water partition coefficient (Wildman–Crippen LogP) is 1.56. The van der Waals surface area contributed by atoms with Crippen LogP contribution in [0.1, 0.15) is 44.1 Å². The fourth-order valence-corrected chi connectivity index (χ4v) is 2.36. The molecule has 0 bridgehead atoms. The molecule has 3 amide bonds. The van der Waals surface area contributed by atoms with Gasteiger partial charge in [-0.3, -0.25) is 9.59 Å². The molecule has 9 heteroatoms. The Labute approximate surface area is 166 Å². The van der Waals surface area contributed by atoms with Gasteiger partial charge < -0.3 is 30.2 Å². The van der Waals surface area contributed by atoms with E-state index in [1.165, 1.54) is 0 Å². The first kappa shape index (κ1) is 23.5. The minimum atomic E-state index is -0.584. The van der Waals surface area contributed by atoms with Crippen molar-refractivity contribution in [3.8, 4) is 0 Å². The summed E-state index contributed by atoms with van der Waals surface area (Å²) in [6, 6.07) is 1.63. The SMILES string of the molecule is CN(C)CCCNC(=O)c1cc(NC(=O)CCNC(=O)OC(C)(C)C)cn1C. The number of anilines is 1. The van der Waals surface area contributed by atoms with E-state index in [9.17, 15) is 14.4 Å². The fourth-order valence-electron chi connectivity index (χ4n) is 2.36. The maximum atomic E-state index is 12.3. The van der Waals surface area contributed by atoms with E-state index in [1.807, 2.05) is 14.1 Å². The number of hydrogen-bond donors (Lipinski definition) is 3. The molecular formula is C19H33N5O4. The van der Waals surface area contributed by atoms with Gasteiger partial charge in [0.05, 0.1) is 5.69 Å². The van der Waals surface area contributed by atoms with Crippen LogP contribution in [0.2, 0.25) is 0 Å². The Bertz CT molecular complexity index is 676. The molecule has 0 unspecified atom stereocenters. The molecule has 0 saturated heterocycles. The van der Waals surface area contributed by atoms with Crippen LogP contribution in [0.3, 0.4) is 0 Å². The van der Waals surface area contributed by atoms with E-state index in [2.05, 4.69) is 20.9 Å². The highest BCUT2D eigenvalue weighted by Crippen LogP contribution is 2.13. The van der Waals surface area contributed by atoms with E-state index in [0.717, 1.165) is 13.0 Å². The summed E-state index contributed by atoms with van der Waals surface area (Å²) < 4.78 is 6.77. The van der Waals surface area contributed by atoms with Crippen LogP contribution in [0.5, 0.6) is 0 Å². The van der Waals surface area contributed by atoms with Gasteiger partial charge in [0.1, 0.15) is 11.3 Å². The van der Waals surface area contributed by atoms with Crippen molar-refractivity contribution in [1.29, 1.82) is 0 Å². The summed E-state index contributed by atoms with van der Waals surface area (Å²) in [6.07, 6.45) is 2.07. The lowest BCUT2D eigenvalue weighted by Crippen LogP contribution is -2.34.